The van der Waals surface area contributed by atoms with Gasteiger partial charge in [0, 0.05) is 31.6 Å². The molecule has 19 heavy (non-hydrogen) atoms. The predicted molar refractivity (Wildman–Crippen MR) is 78.6 cm³/mol. The Hall–Kier alpha value is -1.52. The molecule has 1 unspecified atom stereocenters. The summed E-state index contributed by atoms with van der Waals surface area (Å²) >= 11 is 0. The molecule has 1 aromatic rings. The molecule has 1 atom stereocenters. The van der Waals surface area contributed by atoms with Gasteiger partial charge in [0.1, 0.15) is 5.76 Å². The summed E-state index contributed by atoms with van der Waals surface area (Å²) in [5.41, 5.74) is 2.16. The minimum absolute atomic E-state index is 0.337. The van der Waals surface area contributed by atoms with Gasteiger partial charge >= 0.3 is 0 Å². The number of aliphatic imine (C=N–C) groups is 1. The van der Waals surface area contributed by atoms with Crippen LogP contribution in [0.3, 0.4) is 0 Å². The fourth-order valence-electron chi connectivity index (χ4n) is 2.07. The first-order valence-corrected chi connectivity index (χ1v) is 6.83. The van der Waals surface area contributed by atoms with Crippen molar-refractivity contribution in [3.63, 3.8) is 0 Å². The Morgan fingerprint density at radius 1 is 1.21 bits per heavy atom. The smallest absolute Gasteiger partial charge is 0.191 e. The lowest BCUT2D eigenvalue weighted by molar-refractivity contribution is 0.391. The van der Waals surface area contributed by atoms with Crippen molar-refractivity contribution < 1.29 is 4.52 Å². The van der Waals surface area contributed by atoms with Gasteiger partial charge in [0.25, 0.3) is 0 Å². The molecule has 0 radical (unpaired) electrons. The van der Waals surface area contributed by atoms with Crippen LogP contribution < -0.4 is 10.6 Å². The van der Waals surface area contributed by atoms with E-state index in [-0.39, 0.29) is 0 Å². The molecule has 0 spiro atoms. The second-order valence-corrected chi connectivity index (χ2v) is 5.37. The van der Waals surface area contributed by atoms with Crippen LogP contribution in [0.2, 0.25) is 0 Å². The van der Waals surface area contributed by atoms with Crippen molar-refractivity contribution in [2.75, 3.05) is 20.1 Å². The molecular weight excluding hydrogens is 240 g/mol. The van der Waals surface area contributed by atoms with Gasteiger partial charge in [-0.3, -0.25) is 4.99 Å². The molecule has 0 saturated heterocycles. The van der Waals surface area contributed by atoms with E-state index in [0.717, 1.165) is 30.5 Å². The van der Waals surface area contributed by atoms with Gasteiger partial charge in [-0.05, 0) is 19.8 Å². The Kier molecular flexibility index (Phi) is 5.86. The van der Waals surface area contributed by atoms with Gasteiger partial charge < -0.3 is 15.2 Å². The van der Waals surface area contributed by atoms with E-state index in [9.17, 15) is 0 Å². The highest BCUT2D eigenvalue weighted by atomic mass is 16.5. The van der Waals surface area contributed by atoms with Crippen LogP contribution in [0.5, 0.6) is 0 Å². The molecule has 0 aliphatic carbocycles. The summed E-state index contributed by atoms with van der Waals surface area (Å²) in [6, 6.07) is 0. The standard InChI is InChI=1S/C14H26N4O/c1-9(2)7-16-14(15-6)17-8-10(3)13-11(4)18-19-12(13)5/h9-10H,7-8H2,1-6H3,(H2,15,16,17). The van der Waals surface area contributed by atoms with E-state index in [2.05, 4.69) is 41.6 Å². The van der Waals surface area contributed by atoms with Gasteiger partial charge in [-0.1, -0.05) is 25.9 Å². The maximum absolute atomic E-state index is 5.20. The monoisotopic (exact) mass is 266 g/mol. The maximum atomic E-state index is 5.20. The molecule has 0 aromatic carbocycles. The zero-order valence-corrected chi connectivity index (χ0v) is 12.9. The van der Waals surface area contributed by atoms with E-state index in [1.165, 1.54) is 5.56 Å². The maximum Gasteiger partial charge on any atom is 0.191 e. The highest BCUT2D eigenvalue weighted by Gasteiger charge is 2.16. The Bertz CT molecular complexity index is 404. The lowest BCUT2D eigenvalue weighted by atomic mass is 10.00. The molecule has 1 rings (SSSR count). The molecule has 0 saturated carbocycles. The number of nitrogens with one attached hydrogen (secondary N) is 2. The zero-order valence-electron chi connectivity index (χ0n) is 12.9. The Labute approximate surface area is 115 Å². The Morgan fingerprint density at radius 3 is 2.32 bits per heavy atom. The van der Waals surface area contributed by atoms with E-state index >= 15 is 0 Å². The van der Waals surface area contributed by atoms with Crippen LogP contribution in [0.1, 0.15) is 43.7 Å². The summed E-state index contributed by atoms with van der Waals surface area (Å²) in [6.45, 7) is 12.2. The number of guanidine groups is 1. The first-order valence-electron chi connectivity index (χ1n) is 6.83. The van der Waals surface area contributed by atoms with Crippen molar-refractivity contribution in [1.29, 1.82) is 0 Å². The molecule has 108 valence electrons. The molecule has 0 aliphatic rings. The minimum Gasteiger partial charge on any atom is -0.361 e. The predicted octanol–water partition coefficient (Wildman–Crippen LogP) is 2.22. The van der Waals surface area contributed by atoms with Crippen LogP contribution in [-0.2, 0) is 0 Å². The number of hydrogen-bond donors (Lipinski definition) is 2. The zero-order chi connectivity index (χ0) is 14.4. The van der Waals surface area contributed by atoms with Crippen LogP contribution in [-0.4, -0.2) is 31.3 Å². The fraction of sp³-hybridized carbons (Fsp3) is 0.714. The average molecular weight is 266 g/mol. The van der Waals surface area contributed by atoms with E-state index in [4.69, 9.17) is 4.52 Å². The highest BCUT2D eigenvalue weighted by molar-refractivity contribution is 5.79. The van der Waals surface area contributed by atoms with Crippen molar-refractivity contribution in [3.8, 4) is 0 Å². The molecule has 1 heterocycles. The summed E-state index contributed by atoms with van der Waals surface area (Å²) in [7, 11) is 1.79. The van der Waals surface area contributed by atoms with Crippen molar-refractivity contribution in [2.24, 2.45) is 10.9 Å². The fourth-order valence-corrected chi connectivity index (χ4v) is 2.07. The molecule has 2 N–H and O–H groups in total. The molecule has 5 heteroatoms. The van der Waals surface area contributed by atoms with Crippen molar-refractivity contribution in [1.82, 2.24) is 15.8 Å². The van der Waals surface area contributed by atoms with Gasteiger partial charge in [-0.15, -0.1) is 0 Å². The summed E-state index contributed by atoms with van der Waals surface area (Å²) < 4.78 is 5.20. The van der Waals surface area contributed by atoms with Crippen LogP contribution in [0.25, 0.3) is 0 Å². The van der Waals surface area contributed by atoms with Crippen LogP contribution in [0, 0.1) is 19.8 Å². The van der Waals surface area contributed by atoms with Gasteiger partial charge in [-0.2, -0.15) is 0 Å². The van der Waals surface area contributed by atoms with Crippen LogP contribution in [0.15, 0.2) is 9.52 Å². The van der Waals surface area contributed by atoms with Gasteiger partial charge in [0.2, 0.25) is 0 Å². The number of aromatic nitrogens is 1. The SMILES string of the molecule is CN=C(NCC(C)C)NCC(C)c1c(C)noc1C. The molecule has 1 aromatic heterocycles. The second-order valence-electron chi connectivity index (χ2n) is 5.37. The highest BCUT2D eigenvalue weighted by Crippen LogP contribution is 2.22. The molecule has 0 fully saturated rings. The molecule has 0 bridgehead atoms. The quantitative estimate of drug-likeness (QED) is 0.633. The number of rotatable bonds is 5. The van der Waals surface area contributed by atoms with Gasteiger partial charge in [0.05, 0.1) is 5.69 Å². The van der Waals surface area contributed by atoms with Crippen LogP contribution >= 0.6 is 0 Å². The average Bonchev–Trinajstić information content (AvgIpc) is 2.68. The van der Waals surface area contributed by atoms with Gasteiger partial charge in [-0.25, -0.2) is 0 Å². The van der Waals surface area contributed by atoms with Crippen molar-refractivity contribution in [3.05, 3.63) is 17.0 Å². The van der Waals surface area contributed by atoms with Crippen molar-refractivity contribution >= 4 is 5.96 Å². The van der Waals surface area contributed by atoms with Gasteiger partial charge in [0.15, 0.2) is 5.96 Å². The first-order chi connectivity index (χ1) is 8.95. The summed E-state index contributed by atoms with van der Waals surface area (Å²) in [5, 5.41) is 10.6. The Morgan fingerprint density at radius 2 is 1.84 bits per heavy atom. The lowest BCUT2D eigenvalue weighted by Gasteiger charge is -2.17. The summed E-state index contributed by atoms with van der Waals surface area (Å²) in [6.07, 6.45) is 0. The first kappa shape index (κ1) is 15.5. The van der Waals surface area contributed by atoms with Crippen LogP contribution in [0.4, 0.5) is 0 Å². The number of aryl methyl sites for hydroxylation is 2. The topological polar surface area (TPSA) is 62.5 Å². The van der Waals surface area contributed by atoms with E-state index in [1.807, 2.05) is 13.8 Å². The third kappa shape index (κ3) is 4.58. The minimum atomic E-state index is 0.337. The second kappa shape index (κ2) is 7.16. The number of nitrogens with zero attached hydrogens (tertiary/aromatic N) is 2. The summed E-state index contributed by atoms with van der Waals surface area (Å²) in [5.74, 6) is 2.67. The molecule has 0 aliphatic heterocycles. The van der Waals surface area contributed by atoms with E-state index in [0.29, 0.717) is 11.8 Å². The summed E-state index contributed by atoms with van der Waals surface area (Å²) in [4.78, 5) is 4.21. The Balaban J connectivity index is 2.51. The third-order valence-electron chi connectivity index (χ3n) is 3.06. The molecule has 5 nitrogen and oxygen atoms in total. The molecular formula is C14H26N4O. The van der Waals surface area contributed by atoms with E-state index in [1.54, 1.807) is 7.05 Å². The third-order valence-corrected chi connectivity index (χ3v) is 3.06. The van der Waals surface area contributed by atoms with E-state index < -0.39 is 0 Å². The molecule has 0 amide bonds. The lowest BCUT2D eigenvalue weighted by Crippen LogP contribution is -2.40. The largest absolute Gasteiger partial charge is 0.361 e. The normalized spacial score (nSPS) is 13.7. The van der Waals surface area contributed by atoms with Crippen molar-refractivity contribution in [2.45, 2.75) is 40.5 Å². The number of hydrogen-bond acceptors (Lipinski definition) is 3.